The van der Waals surface area contributed by atoms with Gasteiger partial charge < -0.3 is 14.4 Å². The van der Waals surface area contributed by atoms with Crippen molar-refractivity contribution in [2.45, 2.75) is 39.7 Å². The maximum absolute atomic E-state index is 13.3. The molecule has 0 bridgehead atoms. The Balaban J connectivity index is 1.80. The van der Waals surface area contributed by atoms with Gasteiger partial charge in [0.1, 0.15) is 5.75 Å². The van der Waals surface area contributed by atoms with Crippen LogP contribution in [0.15, 0.2) is 66.7 Å². The summed E-state index contributed by atoms with van der Waals surface area (Å²) in [6.07, 6.45) is 1.05. The fourth-order valence-electron chi connectivity index (χ4n) is 3.49. The molecule has 5 nitrogen and oxygen atoms in total. The summed E-state index contributed by atoms with van der Waals surface area (Å²) in [6.45, 7) is 6.41. The van der Waals surface area contributed by atoms with Gasteiger partial charge in [-0.15, -0.1) is 0 Å². The van der Waals surface area contributed by atoms with Crippen LogP contribution in [0.25, 0.3) is 0 Å². The zero-order valence-electron chi connectivity index (χ0n) is 20.1. The number of hydrogen-bond acceptors (Lipinski definition) is 4. The Morgan fingerprint density at radius 2 is 1.63 bits per heavy atom. The van der Waals surface area contributed by atoms with Crippen molar-refractivity contribution in [1.29, 1.82) is 0 Å². The van der Waals surface area contributed by atoms with E-state index in [-0.39, 0.29) is 25.7 Å². The molecular weight excluding hydrogens is 485 g/mol. The minimum atomic E-state index is -0.415. The van der Waals surface area contributed by atoms with Crippen molar-refractivity contribution in [3.63, 3.8) is 0 Å². The lowest BCUT2D eigenvalue weighted by atomic mass is 9.99. The van der Waals surface area contributed by atoms with E-state index in [4.69, 9.17) is 32.7 Å². The van der Waals surface area contributed by atoms with Crippen LogP contribution in [0, 0.1) is 0 Å². The van der Waals surface area contributed by atoms with Crippen LogP contribution in [0.3, 0.4) is 0 Å². The van der Waals surface area contributed by atoms with Crippen LogP contribution in [0.4, 0.5) is 5.69 Å². The third-order valence-corrected chi connectivity index (χ3v) is 6.35. The van der Waals surface area contributed by atoms with Gasteiger partial charge in [0.05, 0.1) is 18.7 Å². The van der Waals surface area contributed by atoms with Crippen LogP contribution < -0.4 is 9.64 Å². The lowest BCUT2D eigenvalue weighted by molar-refractivity contribution is -0.120. The van der Waals surface area contributed by atoms with Crippen LogP contribution in [-0.2, 0) is 16.1 Å². The Labute approximate surface area is 216 Å². The second kappa shape index (κ2) is 12.6. The van der Waals surface area contributed by atoms with Gasteiger partial charge in [-0.2, -0.15) is 0 Å². The molecule has 7 heteroatoms. The number of amides is 1. The Morgan fingerprint density at radius 3 is 2.23 bits per heavy atom. The number of benzene rings is 3. The average molecular weight is 514 g/mol. The molecule has 0 aromatic heterocycles. The molecule has 1 atom stereocenters. The SMILES string of the molecule is CCOC(=O)c1ccc(N(Cc2ccc(Cl)cc2Cl)C(=O)COc2ccc([C@@H](C)CC)cc2)cc1. The van der Waals surface area contributed by atoms with Gasteiger partial charge in [-0.1, -0.05) is 55.2 Å². The summed E-state index contributed by atoms with van der Waals surface area (Å²) in [7, 11) is 0. The molecule has 0 saturated carbocycles. The Bertz CT molecular complexity index is 1150. The van der Waals surface area contributed by atoms with Crippen LogP contribution in [0.5, 0.6) is 5.75 Å². The first-order valence-corrected chi connectivity index (χ1v) is 12.3. The number of esters is 1. The molecule has 0 spiro atoms. The van der Waals surface area contributed by atoms with Crippen LogP contribution >= 0.6 is 23.2 Å². The van der Waals surface area contributed by atoms with Crippen molar-refractivity contribution in [2.75, 3.05) is 18.1 Å². The molecule has 0 aliphatic carbocycles. The number of nitrogens with zero attached hydrogens (tertiary/aromatic N) is 1. The predicted molar refractivity (Wildman–Crippen MR) is 141 cm³/mol. The highest BCUT2D eigenvalue weighted by Crippen LogP contribution is 2.26. The van der Waals surface area contributed by atoms with Crippen LogP contribution in [0.1, 0.15) is 54.6 Å². The van der Waals surface area contributed by atoms with Crippen molar-refractivity contribution in [3.8, 4) is 5.75 Å². The third-order valence-electron chi connectivity index (χ3n) is 5.76. The fourth-order valence-corrected chi connectivity index (χ4v) is 3.96. The van der Waals surface area contributed by atoms with Gasteiger partial charge in [0, 0.05) is 15.7 Å². The molecule has 35 heavy (non-hydrogen) atoms. The summed E-state index contributed by atoms with van der Waals surface area (Å²) < 4.78 is 10.8. The van der Waals surface area contributed by atoms with Gasteiger partial charge in [-0.05, 0) is 78.9 Å². The van der Waals surface area contributed by atoms with Crippen molar-refractivity contribution >= 4 is 40.8 Å². The topological polar surface area (TPSA) is 55.8 Å². The average Bonchev–Trinajstić information content (AvgIpc) is 2.87. The number of carbonyl (C=O) groups is 2. The molecule has 0 N–H and O–H groups in total. The second-order valence-electron chi connectivity index (χ2n) is 8.15. The molecule has 0 aliphatic rings. The molecule has 0 aliphatic heterocycles. The monoisotopic (exact) mass is 513 g/mol. The van der Waals surface area contributed by atoms with Gasteiger partial charge in [-0.3, -0.25) is 4.79 Å². The number of rotatable bonds is 10. The normalized spacial score (nSPS) is 11.6. The molecule has 3 aromatic carbocycles. The summed E-state index contributed by atoms with van der Waals surface area (Å²) in [5.74, 6) is 0.406. The van der Waals surface area contributed by atoms with E-state index in [1.165, 1.54) is 5.56 Å². The molecule has 3 aromatic rings. The minimum absolute atomic E-state index is 0.159. The van der Waals surface area contributed by atoms with E-state index in [2.05, 4.69) is 13.8 Å². The van der Waals surface area contributed by atoms with Gasteiger partial charge in [0.15, 0.2) is 6.61 Å². The lowest BCUT2D eigenvalue weighted by Crippen LogP contribution is -2.34. The number of halogens is 2. The summed E-state index contributed by atoms with van der Waals surface area (Å²) in [4.78, 5) is 26.9. The predicted octanol–water partition coefficient (Wildman–Crippen LogP) is 7.30. The smallest absolute Gasteiger partial charge is 0.338 e. The van der Waals surface area contributed by atoms with Crippen molar-refractivity contribution in [3.05, 3.63) is 93.5 Å². The Hall–Kier alpha value is -3.02. The molecule has 0 heterocycles. The first-order chi connectivity index (χ1) is 16.8. The van der Waals surface area contributed by atoms with E-state index in [1.807, 2.05) is 24.3 Å². The Morgan fingerprint density at radius 1 is 0.943 bits per heavy atom. The summed E-state index contributed by atoms with van der Waals surface area (Å²) in [5, 5.41) is 0.972. The number of ether oxygens (including phenoxy) is 2. The molecule has 0 saturated heterocycles. The molecule has 0 fully saturated rings. The van der Waals surface area contributed by atoms with Gasteiger partial charge in [-0.25, -0.2) is 4.79 Å². The van der Waals surface area contributed by atoms with Gasteiger partial charge >= 0.3 is 5.97 Å². The van der Waals surface area contributed by atoms with Crippen molar-refractivity contribution in [2.24, 2.45) is 0 Å². The van der Waals surface area contributed by atoms with E-state index < -0.39 is 5.97 Å². The second-order valence-corrected chi connectivity index (χ2v) is 8.99. The molecule has 0 unspecified atom stereocenters. The summed E-state index contributed by atoms with van der Waals surface area (Å²) >= 11 is 12.4. The van der Waals surface area contributed by atoms with E-state index in [1.54, 1.807) is 54.3 Å². The van der Waals surface area contributed by atoms with Crippen LogP contribution in [-0.4, -0.2) is 25.1 Å². The first-order valence-electron chi connectivity index (χ1n) is 11.6. The highest BCUT2D eigenvalue weighted by atomic mass is 35.5. The number of hydrogen-bond donors (Lipinski definition) is 0. The summed E-state index contributed by atoms with van der Waals surface area (Å²) in [6, 6.07) is 19.6. The minimum Gasteiger partial charge on any atom is -0.484 e. The lowest BCUT2D eigenvalue weighted by Gasteiger charge is -2.24. The largest absolute Gasteiger partial charge is 0.484 e. The number of carbonyl (C=O) groups excluding carboxylic acids is 2. The third kappa shape index (κ3) is 7.23. The maximum atomic E-state index is 13.3. The number of anilines is 1. The van der Waals surface area contributed by atoms with Crippen molar-refractivity contribution < 1.29 is 19.1 Å². The first kappa shape index (κ1) is 26.6. The highest BCUT2D eigenvalue weighted by molar-refractivity contribution is 6.35. The van der Waals surface area contributed by atoms with Gasteiger partial charge in [0.25, 0.3) is 5.91 Å². The van der Waals surface area contributed by atoms with Crippen LogP contribution in [0.2, 0.25) is 10.0 Å². The quantitative estimate of drug-likeness (QED) is 0.267. The summed E-state index contributed by atoms with van der Waals surface area (Å²) in [5.41, 5.74) is 2.97. The maximum Gasteiger partial charge on any atom is 0.338 e. The highest BCUT2D eigenvalue weighted by Gasteiger charge is 2.19. The molecular formula is C28H29Cl2NO4. The molecule has 1 amide bonds. The van der Waals surface area contributed by atoms with E-state index in [0.29, 0.717) is 33.0 Å². The fraction of sp³-hybridized carbons (Fsp3) is 0.286. The zero-order valence-corrected chi connectivity index (χ0v) is 21.6. The molecule has 0 radical (unpaired) electrons. The van der Waals surface area contributed by atoms with E-state index >= 15 is 0 Å². The van der Waals surface area contributed by atoms with E-state index in [0.717, 1.165) is 12.0 Å². The Kier molecular flexibility index (Phi) is 9.58. The van der Waals surface area contributed by atoms with E-state index in [9.17, 15) is 9.59 Å². The zero-order chi connectivity index (χ0) is 25.4. The molecule has 184 valence electrons. The standard InChI is InChI=1S/C28H29Cl2NO4/c1-4-19(3)20-9-14-25(15-10-20)35-18-27(32)31(17-22-6-11-23(29)16-26(22)30)24-12-7-21(8-13-24)28(33)34-5-2/h6-16,19H,4-5,17-18H2,1-3H3/t19-/m0/s1. The van der Waals surface area contributed by atoms with Crippen molar-refractivity contribution in [1.82, 2.24) is 0 Å². The molecule has 3 rings (SSSR count). The van der Waals surface area contributed by atoms with Gasteiger partial charge in [0.2, 0.25) is 0 Å².